The zero-order chi connectivity index (χ0) is 19.2. The van der Waals surface area contributed by atoms with Crippen molar-refractivity contribution in [3.63, 3.8) is 0 Å². The van der Waals surface area contributed by atoms with Crippen LogP contribution >= 0.6 is 0 Å². The summed E-state index contributed by atoms with van der Waals surface area (Å²) in [6.45, 7) is 2.49. The summed E-state index contributed by atoms with van der Waals surface area (Å²) in [5, 5.41) is 9.83. The molecule has 0 spiro atoms. The zero-order valence-electron chi connectivity index (χ0n) is 17.0. The maximum absolute atomic E-state index is 11.9. The Kier molecular flexibility index (Phi) is 4.82. The molecule has 1 amide bonds. The van der Waals surface area contributed by atoms with Crippen molar-refractivity contribution in [3.05, 3.63) is 41.0 Å². The van der Waals surface area contributed by atoms with Crippen LogP contribution in [0, 0.1) is 17.3 Å². The molecule has 0 heterocycles. The van der Waals surface area contributed by atoms with Gasteiger partial charge in [-0.2, -0.15) is 0 Å². The van der Waals surface area contributed by atoms with Crippen LogP contribution in [0.4, 0.5) is 0 Å². The predicted molar refractivity (Wildman–Crippen MR) is 109 cm³/mol. The smallest absolute Gasteiger partial charge is 0.222 e. The van der Waals surface area contributed by atoms with Crippen molar-refractivity contribution in [2.24, 2.45) is 17.3 Å². The third-order valence-corrected chi connectivity index (χ3v) is 7.81. The minimum absolute atomic E-state index is 0.224. The average Bonchev–Trinajstić information content (AvgIpc) is 2.97. The quantitative estimate of drug-likeness (QED) is 0.760. The molecule has 0 aliphatic heterocycles. The van der Waals surface area contributed by atoms with Crippen molar-refractivity contribution in [1.29, 1.82) is 0 Å². The lowest BCUT2D eigenvalue weighted by atomic mass is 9.55. The number of carbonyl (C=O) groups is 1. The van der Waals surface area contributed by atoms with E-state index in [4.69, 9.17) is 0 Å². The molecule has 1 N–H and O–H groups in total. The summed E-state index contributed by atoms with van der Waals surface area (Å²) in [5.74, 6) is 2.85. The Morgan fingerprint density at radius 1 is 1.26 bits per heavy atom. The molecule has 0 saturated heterocycles. The van der Waals surface area contributed by atoms with Crippen LogP contribution < -0.4 is 0 Å². The van der Waals surface area contributed by atoms with Gasteiger partial charge in [0, 0.05) is 20.5 Å². The van der Waals surface area contributed by atoms with E-state index in [1.165, 1.54) is 43.2 Å². The second-order valence-electron chi connectivity index (χ2n) is 9.35. The van der Waals surface area contributed by atoms with Crippen LogP contribution in [0.15, 0.2) is 29.8 Å². The van der Waals surface area contributed by atoms with Gasteiger partial charge in [-0.05, 0) is 91.4 Å². The Labute approximate surface area is 163 Å². The number of amides is 1. The SMILES string of the molecule is CN(C)C(=O)CC/C=C1\CCC2C3CCc4cc(O)ccc4C3CCC12C. The first-order valence-corrected chi connectivity index (χ1v) is 10.6. The molecule has 27 heavy (non-hydrogen) atoms. The first kappa shape index (κ1) is 18.6. The molecule has 3 aliphatic carbocycles. The molecule has 2 saturated carbocycles. The largest absolute Gasteiger partial charge is 0.508 e. The van der Waals surface area contributed by atoms with E-state index in [2.05, 4.69) is 19.1 Å². The van der Waals surface area contributed by atoms with Gasteiger partial charge < -0.3 is 10.0 Å². The Morgan fingerprint density at radius 2 is 2.07 bits per heavy atom. The van der Waals surface area contributed by atoms with Crippen LogP contribution in [-0.4, -0.2) is 30.0 Å². The van der Waals surface area contributed by atoms with Crippen molar-refractivity contribution in [2.45, 2.75) is 64.2 Å². The number of hydrogen-bond donors (Lipinski definition) is 1. The topological polar surface area (TPSA) is 40.5 Å². The fraction of sp³-hybridized carbons (Fsp3) is 0.625. The predicted octanol–water partition coefficient (Wildman–Crippen LogP) is 5.04. The van der Waals surface area contributed by atoms with E-state index in [1.807, 2.05) is 26.2 Å². The van der Waals surface area contributed by atoms with Gasteiger partial charge in [-0.25, -0.2) is 0 Å². The molecule has 3 aliphatic rings. The Morgan fingerprint density at radius 3 is 2.85 bits per heavy atom. The number of aryl methyl sites for hydroxylation is 1. The Balaban J connectivity index is 1.52. The zero-order valence-corrected chi connectivity index (χ0v) is 17.0. The lowest BCUT2D eigenvalue weighted by Crippen LogP contribution is -2.40. The molecule has 4 rings (SSSR count). The fourth-order valence-electron chi connectivity index (χ4n) is 6.35. The van der Waals surface area contributed by atoms with Crippen LogP contribution in [0.2, 0.25) is 0 Å². The fourth-order valence-corrected chi connectivity index (χ4v) is 6.35. The second-order valence-corrected chi connectivity index (χ2v) is 9.35. The number of phenolic OH excluding ortho intramolecular Hbond substituents is 1. The summed E-state index contributed by atoms with van der Waals surface area (Å²) in [7, 11) is 3.68. The van der Waals surface area contributed by atoms with E-state index in [1.54, 1.807) is 10.5 Å². The van der Waals surface area contributed by atoms with Crippen molar-refractivity contribution in [1.82, 2.24) is 4.90 Å². The molecule has 4 atom stereocenters. The highest BCUT2D eigenvalue weighted by Crippen LogP contribution is 2.62. The lowest BCUT2D eigenvalue weighted by Gasteiger charge is -2.49. The maximum Gasteiger partial charge on any atom is 0.222 e. The summed E-state index contributed by atoms with van der Waals surface area (Å²) in [4.78, 5) is 13.6. The highest BCUT2D eigenvalue weighted by molar-refractivity contribution is 5.75. The molecule has 1 aromatic carbocycles. The Hall–Kier alpha value is -1.77. The monoisotopic (exact) mass is 367 g/mol. The standard InChI is InChI=1S/C24H33NO2/c1-24-14-13-20-19-11-9-18(26)15-16(19)7-10-21(20)22(24)12-8-17(24)5-4-6-23(27)25(2)3/h5,9,11,15,20-22,26H,4,6-8,10,12-14H2,1-3H3/b17-5+. The van der Waals surface area contributed by atoms with Gasteiger partial charge in [-0.1, -0.05) is 24.6 Å². The summed E-state index contributed by atoms with van der Waals surface area (Å²) in [6, 6.07) is 6.04. The molecule has 2 fully saturated rings. The summed E-state index contributed by atoms with van der Waals surface area (Å²) in [5.41, 5.74) is 4.82. The first-order chi connectivity index (χ1) is 12.9. The minimum Gasteiger partial charge on any atom is -0.508 e. The van der Waals surface area contributed by atoms with Crippen LogP contribution in [0.3, 0.4) is 0 Å². The third-order valence-electron chi connectivity index (χ3n) is 7.81. The normalized spacial score (nSPS) is 33.3. The highest BCUT2D eigenvalue weighted by Gasteiger charge is 2.52. The number of rotatable bonds is 3. The molecular weight excluding hydrogens is 334 g/mol. The van der Waals surface area contributed by atoms with Gasteiger partial charge in [0.05, 0.1) is 0 Å². The molecule has 3 heteroatoms. The number of benzene rings is 1. The van der Waals surface area contributed by atoms with E-state index in [-0.39, 0.29) is 5.91 Å². The number of fused-ring (bicyclic) bond motifs is 5. The van der Waals surface area contributed by atoms with Gasteiger partial charge in [-0.15, -0.1) is 0 Å². The van der Waals surface area contributed by atoms with E-state index >= 15 is 0 Å². The van der Waals surface area contributed by atoms with Gasteiger partial charge in [0.1, 0.15) is 5.75 Å². The number of phenols is 1. The van der Waals surface area contributed by atoms with Crippen LogP contribution in [0.5, 0.6) is 5.75 Å². The van der Waals surface area contributed by atoms with E-state index in [9.17, 15) is 9.90 Å². The minimum atomic E-state index is 0.224. The third kappa shape index (κ3) is 3.19. The number of hydrogen-bond acceptors (Lipinski definition) is 2. The molecule has 4 unspecified atom stereocenters. The molecule has 0 bridgehead atoms. The molecule has 146 valence electrons. The summed E-state index contributed by atoms with van der Waals surface area (Å²) in [6.07, 6.45) is 11.3. The van der Waals surface area contributed by atoms with Crippen molar-refractivity contribution < 1.29 is 9.90 Å². The molecule has 0 radical (unpaired) electrons. The highest BCUT2D eigenvalue weighted by atomic mass is 16.3. The number of allylic oxidation sites excluding steroid dienone is 2. The first-order valence-electron chi connectivity index (χ1n) is 10.6. The van der Waals surface area contributed by atoms with Crippen LogP contribution in [0.1, 0.15) is 68.9 Å². The van der Waals surface area contributed by atoms with Gasteiger partial charge >= 0.3 is 0 Å². The van der Waals surface area contributed by atoms with Crippen molar-refractivity contribution >= 4 is 5.91 Å². The molecular formula is C24H33NO2. The van der Waals surface area contributed by atoms with Crippen molar-refractivity contribution in [3.8, 4) is 5.75 Å². The molecule has 1 aromatic rings. The Bertz CT molecular complexity index is 766. The van der Waals surface area contributed by atoms with E-state index in [0.717, 1.165) is 24.7 Å². The van der Waals surface area contributed by atoms with Crippen LogP contribution in [0.25, 0.3) is 0 Å². The average molecular weight is 368 g/mol. The summed E-state index contributed by atoms with van der Waals surface area (Å²) >= 11 is 0. The van der Waals surface area contributed by atoms with Gasteiger partial charge in [0.15, 0.2) is 0 Å². The van der Waals surface area contributed by atoms with Gasteiger partial charge in [0.2, 0.25) is 5.91 Å². The lowest BCUT2D eigenvalue weighted by molar-refractivity contribution is -0.128. The molecule has 0 aromatic heterocycles. The van der Waals surface area contributed by atoms with Gasteiger partial charge in [-0.3, -0.25) is 4.79 Å². The summed E-state index contributed by atoms with van der Waals surface area (Å²) < 4.78 is 0. The van der Waals surface area contributed by atoms with E-state index in [0.29, 0.717) is 23.5 Å². The van der Waals surface area contributed by atoms with Crippen LogP contribution in [-0.2, 0) is 11.2 Å². The van der Waals surface area contributed by atoms with Gasteiger partial charge in [0.25, 0.3) is 0 Å². The van der Waals surface area contributed by atoms with Crippen molar-refractivity contribution in [2.75, 3.05) is 14.1 Å². The molecule has 3 nitrogen and oxygen atoms in total. The second kappa shape index (κ2) is 7.00. The number of nitrogens with zero attached hydrogens (tertiary/aromatic N) is 1. The maximum atomic E-state index is 11.9. The number of aromatic hydroxyl groups is 1. The van der Waals surface area contributed by atoms with E-state index < -0.39 is 0 Å². The number of carbonyl (C=O) groups excluding carboxylic acids is 1.